The molecule has 0 amide bonds. The highest BCUT2D eigenvalue weighted by atomic mass is 79.9. The first-order valence-corrected chi connectivity index (χ1v) is 14.2. The molecule has 3 aromatic heterocycles. The van der Waals surface area contributed by atoms with Crippen molar-refractivity contribution in [3.63, 3.8) is 0 Å². The Morgan fingerprint density at radius 3 is 2.54 bits per heavy atom. The molecule has 0 fully saturated rings. The Bertz CT molecular complexity index is 1890. The molecule has 6 rings (SSSR count). The number of rotatable bonds is 7. The van der Waals surface area contributed by atoms with Crippen LogP contribution in [0.4, 0.5) is 0 Å². The maximum Gasteiger partial charge on any atom is 0.291 e. The zero-order valence-corrected chi connectivity index (χ0v) is 23.7. The van der Waals surface area contributed by atoms with Gasteiger partial charge in [-0.2, -0.15) is 14.6 Å². The molecular formula is C30H24BrN5O2S. The lowest BCUT2D eigenvalue weighted by Crippen LogP contribution is -2.23. The molecule has 194 valence electrons. The lowest BCUT2D eigenvalue weighted by Gasteiger charge is -2.09. The van der Waals surface area contributed by atoms with Crippen LogP contribution >= 0.6 is 27.3 Å². The molecule has 9 heteroatoms. The molecular weight excluding hydrogens is 574 g/mol. The number of para-hydroxylation sites is 1. The number of ether oxygens (including phenoxy) is 1. The predicted molar refractivity (Wildman–Crippen MR) is 159 cm³/mol. The van der Waals surface area contributed by atoms with E-state index in [9.17, 15) is 4.79 Å². The normalized spacial score (nSPS) is 11.9. The Morgan fingerprint density at radius 1 is 1.03 bits per heavy atom. The van der Waals surface area contributed by atoms with E-state index in [4.69, 9.17) is 9.84 Å². The summed E-state index contributed by atoms with van der Waals surface area (Å²) in [5, 5.41) is 9.43. The monoisotopic (exact) mass is 597 g/mol. The summed E-state index contributed by atoms with van der Waals surface area (Å²) in [5.41, 5.74) is 5.22. The second kappa shape index (κ2) is 10.6. The number of aryl methyl sites for hydroxylation is 1. The first kappa shape index (κ1) is 25.2. The molecule has 7 nitrogen and oxygen atoms in total. The van der Waals surface area contributed by atoms with E-state index in [0.717, 1.165) is 50.3 Å². The Hall–Kier alpha value is -4.08. The van der Waals surface area contributed by atoms with Gasteiger partial charge in [0.2, 0.25) is 4.96 Å². The van der Waals surface area contributed by atoms with Crippen molar-refractivity contribution in [3.05, 3.63) is 109 Å². The van der Waals surface area contributed by atoms with Gasteiger partial charge >= 0.3 is 0 Å². The number of thiazole rings is 1. The largest absolute Gasteiger partial charge is 0.494 e. The van der Waals surface area contributed by atoms with Crippen molar-refractivity contribution >= 4 is 38.3 Å². The van der Waals surface area contributed by atoms with Gasteiger partial charge in [0.05, 0.1) is 16.8 Å². The molecule has 0 bridgehead atoms. The first-order valence-electron chi connectivity index (χ1n) is 12.6. The van der Waals surface area contributed by atoms with Crippen LogP contribution < -0.4 is 14.8 Å². The van der Waals surface area contributed by atoms with Crippen molar-refractivity contribution in [2.45, 2.75) is 20.3 Å². The van der Waals surface area contributed by atoms with E-state index in [-0.39, 0.29) is 5.56 Å². The lowest BCUT2D eigenvalue weighted by molar-refractivity contribution is 0.317. The van der Waals surface area contributed by atoms with E-state index in [1.807, 2.05) is 96.7 Å². The molecule has 3 heterocycles. The van der Waals surface area contributed by atoms with Crippen LogP contribution in [0.25, 0.3) is 39.4 Å². The van der Waals surface area contributed by atoms with E-state index in [1.165, 1.54) is 15.9 Å². The average molecular weight is 599 g/mol. The second-order valence-electron chi connectivity index (χ2n) is 9.09. The molecule has 39 heavy (non-hydrogen) atoms. The number of fused-ring (bicyclic) bond motifs is 1. The molecule has 0 spiro atoms. The summed E-state index contributed by atoms with van der Waals surface area (Å²) in [6, 6.07) is 23.7. The molecule has 0 aliphatic rings. The van der Waals surface area contributed by atoms with E-state index in [0.29, 0.717) is 21.9 Å². The highest BCUT2D eigenvalue weighted by molar-refractivity contribution is 9.10. The van der Waals surface area contributed by atoms with Crippen LogP contribution in [0.5, 0.6) is 5.75 Å². The van der Waals surface area contributed by atoms with Gasteiger partial charge < -0.3 is 4.74 Å². The fourth-order valence-electron chi connectivity index (χ4n) is 4.32. The maximum absolute atomic E-state index is 13.4. The minimum atomic E-state index is -0.204. The van der Waals surface area contributed by atoms with Crippen LogP contribution in [0.2, 0.25) is 0 Å². The van der Waals surface area contributed by atoms with Gasteiger partial charge in [-0.25, -0.2) is 4.68 Å². The molecule has 0 N–H and O–H groups in total. The van der Waals surface area contributed by atoms with Gasteiger partial charge in [-0.3, -0.25) is 4.79 Å². The van der Waals surface area contributed by atoms with Gasteiger partial charge in [-0.15, -0.1) is 5.10 Å². The molecule has 0 saturated carbocycles. The van der Waals surface area contributed by atoms with Crippen LogP contribution in [0.3, 0.4) is 0 Å². The van der Waals surface area contributed by atoms with Gasteiger partial charge in [-0.05, 0) is 67.4 Å². The summed E-state index contributed by atoms with van der Waals surface area (Å²) in [6.07, 6.45) is 4.78. The molecule has 0 aliphatic heterocycles. The summed E-state index contributed by atoms with van der Waals surface area (Å²) in [6.45, 7) is 4.80. The quantitative estimate of drug-likeness (QED) is 0.223. The summed E-state index contributed by atoms with van der Waals surface area (Å²) in [5.74, 6) is 1.36. The standard InChI is InChI=1S/C30H24BrN5O2S/c1-3-15-38-24-13-14-25(19(2)16-24)27-21(18-35(33-27)23-7-5-4-6-8-23)17-26-29(37)36-30(39-26)32-28(34-36)20-9-11-22(31)12-10-20/h4-14,16-18H,3,15H2,1-2H3/b26-17-. The molecule has 0 unspecified atom stereocenters. The zero-order chi connectivity index (χ0) is 26.9. The SMILES string of the molecule is CCCOc1ccc(-c2nn(-c3ccccc3)cc2/C=c2\sc3nc(-c4ccc(Br)cc4)nn3c2=O)c(C)c1. The van der Waals surface area contributed by atoms with E-state index in [2.05, 4.69) is 32.9 Å². The molecule has 0 radical (unpaired) electrons. The topological polar surface area (TPSA) is 74.3 Å². The van der Waals surface area contributed by atoms with Gasteiger partial charge in [0.1, 0.15) is 11.4 Å². The molecule has 3 aromatic carbocycles. The van der Waals surface area contributed by atoms with Crippen molar-refractivity contribution in [1.29, 1.82) is 0 Å². The maximum atomic E-state index is 13.4. The summed E-state index contributed by atoms with van der Waals surface area (Å²) < 4.78 is 10.6. The minimum absolute atomic E-state index is 0.204. The fraction of sp³-hybridized carbons (Fsp3) is 0.133. The number of hydrogen-bond donors (Lipinski definition) is 0. The van der Waals surface area contributed by atoms with Crippen LogP contribution in [0.15, 0.2) is 88.3 Å². The van der Waals surface area contributed by atoms with Crippen LogP contribution in [0.1, 0.15) is 24.5 Å². The van der Waals surface area contributed by atoms with Crippen LogP contribution in [0, 0.1) is 6.92 Å². The second-order valence-corrected chi connectivity index (χ2v) is 11.0. The Labute approximate surface area is 237 Å². The van der Waals surface area contributed by atoms with Crippen molar-refractivity contribution < 1.29 is 4.74 Å². The highest BCUT2D eigenvalue weighted by Gasteiger charge is 2.16. The zero-order valence-electron chi connectivity index (χ0n) is 21.3. The predicted octanol–water partition coefficient (Wildman–Crippen LogP) is 6.08. The molecule has 0 aliphatic carbocycles. The molecule has 0 atom stereocenters. The summed E-state index contributed by atoms with van der Waals surface area (Å²) >= 11 is 4.76. The van der Waals surface area contributed by atoms with E-state index < -0.39 is 0 Å². The van der Waals surface area contributed by atoms with E-state index >= 15 is 0 Å². The number of hydrogen-bond acceptors (Lipinski definition) is 6. The number of nitrogens with zero attached hydrogens (tertiary/aromatic N) is 5. The fourth-order valence-corrected chi connectivity index (χ4v) is 5.49. The van der Waals surface area contributed by atoms with Crippen molar-refractivity contribution in [2.75, 3.05) is 6.61 Å². The van der Waals surface area contributed by atoms with Gasteiger partial charge in [0, 0.05) is 27.4 Å². The van der Waals surface area contributed by atoms with Crippen molar-refractivity contribution in [3.8, 4) is 34.1 Å². The Morgan fingerprint density at radius 2 is 1.82 bits per heavy atom. The minimum Gasteiger partial charge on any atom is -0.494 e. The third kappa shape index (κ3) is 5.03. The number of halogens is 1. The van der Waals surface area contributed by atoms with Crippen molar-refractivity contribution in [1.82, 2.24) is 24.4 Å². The number of aromatic nitrogens is 5. The number of benzene rings is 3. The molecule has 6 aromatic rings. The Kier molecular flexibility index (Phi) is 6.85. The summed E-state index contributed by atoms with van der Waals surface area (Å²) in [7, 11) is 0. The highest BCUT2D eigenvalue weighted by Crippen LogP contribution is 2.30. The van der Waals surface area contributed by atoms with Gasteiger partial charge in [-0.1, -0.05) is 64.5 Å². The smallest absolute Gasteiger partial charge is 0.291 e. The van der Waals surface area contributed by atoms with Crippen molar-refractivity contribution in [2.24, 2.45) is 0 Å². The first-order chi connectivity index (χ1) is 19.0. The lowest BCUT2D eigenvalue weighted by atomic mass is 10.0. The van der Waals surface area contributed by atoms with Crippen LogP contribution in [-0.4, -0.2) is 31.0 Å². The van der Waals surface area contributed by atoms with Gasteiger partial charge in [0.25, 0.3) is 5.56 Å². The van der Waals surface area contributed by atoms with Gasteiger partial charge in [0.15, 0.2) is 5.82 Å². The summed E-state index contributed by atoms with van der Waals surface area (Å²) in [4.78, 5) is 18.5. The third-order valence-electron chi connectivity index (χ3n) is 6.26. The average Bonchev–Trinajstić information content (AvgIpc) is 3.64. The molecule has 0 saturated heterocycles. The third-order valence-corrected chi connectivity index (χ3v) is 7.75. The van der Waals surface area contributed by atoms with E-state index in [1.54, 1.807) is 0 Å². The van der Waals surface area contributed by atoms with Crippen LogP contribution in [-0.2, 0) is 0 Å². The Balaban J connectivity index is 1.46.